The molecule has 2 aromatic rings. The first-order chi connectivity index (χ1) is 48.8. The molecule has 0 aromatic heterocycles. The standard InChI is InChI=1S/C64H88N10O16.C11H15NO2/c1-27(2)44-53(78)35-19-17-21-37(35)61(84)71(13)25-40(75)73(15)50(29(5)6)63(86)88-33(11)46(59(82)67-44)69-57(80)39-24-23-31(9)55-48(39)66-49-42(43(65)52(77)32(10)56(49)90-55)58(81)70-47-34(12)89-64(87)51(30(7)8)74(16)41(76)26-72(14)62(85)38-22-18-20-36(38)54(79)45(28(3)4)68-60(47)83;1-2-3-8-14-11(13)9-4-6-10(12)7-5-9/h23-24,27-30,33-38,44-47,50-51H,17-22,25-26,65H2,1-16H3,(H,67,82)(H,68,83)(H,69,80)(H,70,81);4-7H,2-3,8,12H2,1H3. The number of rotatable bonds is 12. The summed E-state index contributed by atoms with van der Waals surface area (Å²) in [6.45, 7) is 20.8. The van der Waals surface area contributed by atoms with E-state index >= 15 is 9.59 Å². The Labute approximate surface area is 606 Å². The molecule has 29 nitrogen and oxygen atoms in total. The van der Waals surface area contributed by atoms with E-state index < -0.39 is 196 Å². The number of likely N-dealkylation sites (N-methyl/N-ethyl adjacent to an activating group) is 4. The van der Waals surface area contributed by atoms with Crippen LogP contribution in [0.2, 0.25) is 0 Å². The molecule has 2 saturated carbocycles. The van der Waals surface area contributed by atoms with Crippen LogP contribution >= 0.6 is 0 Å². The van der Waals surface area contributed by atoms with Gasteiger partial charge in [0.2, 0.25) is 40.9 Å². The highest BCUT2D eigenvalue weighted by molar-refractivity contribution is 6.11. The van der Waals surface area contributed by atoms with Gasteiger partial charge in [-0.1, -0.05) is 87.6 Å². The molecule has 104 heavy (non-hydrogen) atoms. The molecule has 8 N–H and O–H groups in total. The molecule has 3 heterocycles. The number of nitrogen functional groups attached to an aromatic ring is 2. The van der Waals surface area contributed by atoms with Crippen LogP contribution < -0.4 is 38.2 Å². The van der Waals surface area contributed by atoms with Gasteiger partial charge < -0.3 is 71.0 Å². The van der Waals surface area contributed by atoms with Gasteiger partial charge in [0, 0.05) is 63.1 Å². The fourth-order valence-corrected chi connectivity index (χ4v) is 14.2. The Morgan fingerprint density at radius 1 is 0.615 bits per heavy atom. The van der Waals surface area contributed by atoms with Crippen molar-refractivity contribution >= 4 is 99.2 Å². The number of aryl methyl sites for hydroxylation is 1. The van der Waals surface area contributed by atoms with E-state index in [-0.39, 0.29) is 39.7 Å². The van der Waals surface area contributed by atoms with E-state index in [0.29, 0.717) is 61.9 Å². The summed E-state index contributed by atoms with van der Waals surface area (Å²) in [5.74, 6) is -15.2. The smallest absolute Gasteiger partial charge is 0.338 e. The number of ketones is 2. The minimum atomic E-state index is -1.86. The van der Waals surface area contributed by atoms with Crippen LogP contribution in [0.3, 0.4) is 0 Å². The molecule has 2 saturated heterocycles. The zero-order valence-electron chi connectivity index (χ0n) is 62.7. The van der Waals surface area contributed by atoms with E-state index in [1.165, 1.54) is 70.9 Å². The number of benzene rings is 3. The average Bonchev–Trinajstić information content (AvgIpc) is 0.901. The van der Waals surface area contributed by atoms with Crippen molar-refractivity contribution in [1.29, 1.82) is 0 Å². The van der Waals surface area contributed by atoms with Gasteiger partial charge >= 0.3 is 17.9 Å². The Balaban J connectivity index is 0.000000964. The number of ether oxygens (including phenoxy) is 3. The van der Waals surface area contributed by atoms with Gasteiger partial charge in [0.05, 0.1) is 54.2 Å². The summed E-state index contributed by atoms with van der Waals surface area (Å²) >= 11 is 0. The van der Waals surface area contributed by atoms with Crippen molar-refractivity contribution in [1.82, 2.24) is 45.9 Å². The van der Waals surface area contributed by atoms with Crippen molar-refractivity contribution < 1.29 is 81.0 Å². The summed E-state index contributed by atoms with van der Waals surface area (Å²) < 4.78 is 23.4. The number of unbranched alkanes of at least 4 members (excludes halogenated alkanes) is 1. The third-order valence-electron chi connectivity index (χ3n) is 20.2. The summed E-state index contributed by atoms with van der Waals surface area (Å²) in [4.78, 5) is 208. The molecule has 6 aliphatic rings. The van der Waals surface area contributed by atoms with E-state index in [1.54, 1.807) is 86.6 Å². The van der Waals surface area contributed by atoms with Crippen LogP contribution in [0.5, 0.6) is 0 Å². The molecule has 0 bridgehead atoms. The first-order valence-electron chi connectivity index (χ1n) is 35.8. The summed E-state index contributed by atoms with van der Waals surface area (Å²) in [5, 5.41) is 10.8. The number of nitrogens with one attached hydrogen (secondary N) is 4. The number of cyclic esters (lactones) is 2. The van der Waals surface area contributed by atoms with Gasteiger partial charge in [-0.05, 0) is 119 Å². The zero-order chi connectivity index (χ0) is 77.4. The van der Waals surface area contributed by atoms with Gasteiger partial charge in [-0.15, -0.1) is 0 Å². The summed E-state index contributed by atoms with van der Waals surface area (Å²) in [6, 6.07) is 1.01. The Morgan fingerprint density at radius 2 is 1.06 bits per heavy atom. The first kappa shape index (κ1) is 81.5. The summed E-state index contributed by atoms with van der Waals surface area (Å²) in [5.41, 5.74) is 10.4. The number of Topliss-reactive ketones (excluding diaryl/α,β-unsaturated/α-hetero) is 2. The van der Waals surface area contributed by atoms with Crippen molar-refractivity contribution in [3.63, 3.8) is 0 Å². The lowest BCUT2D eigenvalue weighted by Gasteiger charge is -2.35. The van der Waals surface area contributed by atoms with E-state index in [4.69, 9.17) is 35.1 Å². The molecule has 566 valence electrons. The maximum atomic E-state index is 15.2. The third kappa shape index (κ3) is 18.0. The molecule has 29 heteroatoms. The molecular weight excluding hydrogens is 1340 g/mol. The largest absolute Gasteiger partial charge is 0.462 e. The number of carbonyl (C=O) groups excluding carboxylic acids is 13. The number of fused-ring (bicyclic) bond motifs is 4. The number of carbonyl (C=O) groups is 13. The van der Waals surface area contributed by atoms with Crippen LogP contribution in [0.25, 0.3) is 22.6 Å². The predicted octanol–water partition coefficient (Wildman–Crippen LogP) is 4.94. The maximum absolute atomic E-state index is 15.2. The molecular formula is C75H103N11O18. The topological polar surface area (TPSA) is 406 Å². The van der Waals surface area contributed by atoms with Crippen molar-refractivity contribution in [3.8, 4) is 11.5 Å². The van der Waals surface area contributed by atoms with Crippen LogP contribution in [-0.2, 0) is 62.2 Å². The molecule has 12 unspecified atom stereocenters. The number of nitrogens with zero attached hydrogens (tertiary/aromatic N) is 5. The van der Waals surface area contributed by atoms with Crippen LogP contribution in [-0.4, -0.2) is 198 Å². The van der Waals surface area contributed by atoms with Crippen LogP contribution in [0, 0.1) is 61.2 Å². The fourth-order valence-electron chi connectivity index (χ4n) is 14.2. The SMILES string of the molecule is CCCCOC(=O)c1ccc(N)cc1.Cc1c2oc3c(C)ccc(C(=O)NC4C(=O)NC(C(C)C)C(=O)C5CCCC5C(=O)N(C)CC(=O)N(C)C(C(C)C)C(=O)OC4C)c3nc-2c(C(=O)NC2C(=O)NC(C(C)C)C(=O)C3CCCC3C(=O)N(C)CC(=O)N(C)C(C(C)C)C(=O)OC2C)c(N)c1=O. The van der Waals surface area contributed by atoms with Crippen LogP contribution in [0.4, 0.5) is 11.4 Å². The lowest BCUT2D eigenvalue weighted by atomic mass is 9.83. The van der Waals surface area contributed by atoms with Crippen molar-refractivity contribution in [2.24, 2.45) is 47.3 Å². The van der Waals surface area contributed by atoms with Crippen molar-refractivity contribution in [2.75, 3.05) is 59.4 Å². The van der Waals surface area contributed by atoms with Crippen molar-refractivity contribution in [2.45, 2.75) is 190 Å². The highest BCUT2D eigenvalue weighted by Crippen LogP contribution is 2.39. The highest BCUT2D eigenvalue weighted by Gasteiger charge is 2.48. The van der Waals surface area contributed by atoms with E-state index in [0.717, 1.165) is 22.6 Å². The van der Waals surface area contributed by atoms with Crippen molar-refractivity contribution in [3.05, 3.63) is 74.4 Å². The molecule has 0 radical (unpaired) electrons. The summed E-state index contributed by atoms with van der Waals surface area (Å²) in [7, 11) is 5.66. The number of esters is 3. The van der Waals surface area contributed by atoms with Gasteiger partial charge in [0.1, 0.15) is 47.6 Å². The lowest BCUT2D eigenvalue weighted by Crippen LogP contribution is -2.59. The second-order valence-electron chi connectivity index (χ2n) is 29.4. The predicted molar refractivity (Wildman–Crippen MR) is 384 cm³/mol. The number of hydrogen-bond acceptors (Lipinski definition) is 21. The minimum Gasteiger partial charge on any atom is -0.462 e. The maximum Gasteiger partial charge on any atom is 0.338 e. The second-order valence-corrected chi connectivity index (χ2v) is 29.4. The fraction of sp³-hybridized carbons (Fsp3) is 0.587. The first-order valence-corrected chi connectivity index (χ1v) is 35.8. The molecule has 3 aliphatic heterocycles. The third-order valence-corrected chi connectivity index (χ3v) is 20.2. The molecule has 4 fully saturated rings. The van der Waals surface area contributed by atoms with E-state index in [9.17, 15) is 57.5 Å². The number of nitrogens with two attached hydrogens (primary N) is 2. The highest BCUT2D eigenvalue weighted by atomic mass is 16.6. The molecule has 8 rings (SSSR count). The Morgan fingerprint density at radius 3 is 1.49 bits per heavy atom. The number of hydrogen-bond donors (Lipinski definition) is 6. The zero-order valence-corrected chi connectivity index (χ0v) is 62.7. The number of amides is 8. The quantitative estimate of drug-likeness (QED) is 0.0359. The van der Waals surface area contributed by atoms with E-state index in [1.807, 2.05) is 0 Å². The van der Waals surface area contributed by atoms with Crippen LogP contribution in [0.15, 0.2) is 45.6 Å². The molecule has 12 atom stereocenters. The molecule has 3 aliphatic carbocycles. The van der Waals surface area contributed by atoms with Gasteiger partial charge in [0.15, 0.2) is 22.9 Å². The summed E-state index contributed by atoms with van der Waals surface area (Å²) in [6.07, 6.45) is 1.27. The number of anilines is 2. The molecule has 2 aromatic carbocycles. The van der Waals surface area contributed by atoms with Gasteiger partial charge in [-0.25, -0.2) is 19.4 Å². The van der Waals surface area contributed by atoms with Gasteiger partial charge in [-0.3, -0.25) is 52.7 Å². The average molecular weight is 1450 g/mol. The minimum absolute atomic E-state index is 0.0668. The Kier molecular flexibility index (Phi) is 27.1. The normalized spacial score (nSPS) is 25.4. The molecule has 8 amide bonds. The Hall–Kier alpha value is -9.83. The van der Waals surface area contributed by atoms with Gasteiger partial charge in [-0.2, -0.15) is 0 Å². The Bertz CT molecular complexity index is 3980. The van der Waals surface area contributed by atoms with Crippen LogP contribution in [0.1, 0.15) is 170 Å². The molecule has 0 spiro atoms. The monoisotopic (exact) mass is 1450 g/mol. The van der Waals surface area contributed by atoms with E-state index in [2.05, 4.69) is 28.2 Å². The lowest BCUT2D eigenvalue weighted by molar-refractivity contribution is -0.163. The number of aromatic nitrogens is 1. The van der Waals surface area contributed by atoms with Gasteiger partial charge in [0.25, 0.3) is 11.8 Å². The second kappa shape index (κ2) is 34.6.